The number of azo groups is 1. The van der Waals surface area contributed by atoms with Crippen LogP contribution in [0, 0.1) is 12.5 Å². The average Bonchev–Trinajstić information content (AvgIpc) is 2.85. The molecular formula is C26H30N4O5. The number of likely N-dealkylation sites (tertiary alicyclic amines) is 1. The Hall–Kier alpha value is -3.93. The van der Waals surface area contributed by atoms with Gasteiger partial charge in [-0.3, -0.25) is 4.85 Å². The summed E-state index contributed by atoms with van der Waals surface area (Å²) in [5, 5.41) is 8.39. The Labute approximate surface area is 205 Å². The van der Waals surface area contributed by atoms with Gasteiger partial charge in [-0.25, -0.2) is 16.2 Å². The number of rotatable bonds is 6. The van der Waals surface area contributed by atoms with Gasteiger partial charge in [0.1, 0.15) is 17.1 Å². The van der Waals surface area contributed by atoms with Crippen LogP contribution in [-0.4, -0.2) is 48.4 Å². The third kappa shape index (κ3) is 6.57. The number of esters is 1. The molecule has 2 atom stereocenters. The van der Waals surface area contributed by atoms with Crippen LogP contribution in [0.5, 0.6) is 11.5 Å². The summed E-state index contributed by atoms with van der Waals surface area (Å²) in [6.45, 7) is 13.8. The van der Waals surface area contributed by atoms with Crippen molar-refractivity contribution in [1.82, 2.24) is 4.90 Å². The Balaban J connectivity index is 1.80. The molecule has 2 aromatic rings. The molecule has 9 heteroatoms. The SMILES string of the molecule is [C-]#[N+]C(N=Nc1ccc(Oc2ccccc2)cc1)(C(=O)OC)C1CCCN(C(=O)OC(C)(C)C)C1. The molecule has 0 aliphatic carbocycles. The van der Waals surface area contributed by atoms with E-state index in [4.69, 9.17) is 20.8 Å². The van der Waals surface area contributed by atoms with E-state index in [-0.39, 0.29) is 6.54 Å². The minimum atomic E-state index is -1.91. The molecule has 0 bridgehead atoms. The largest absolute Gasteiger partial charge is 0.461 e. The van der Waals surface area contributed by atoms with Gasteiger partial charge in [-0.05, 0) is 70.0 Å². The number of hydrogen-bond donors (Lipinski definition) is 0. The summed E-state index contributed by atoms with van der Waals surface area (Å²) in [4.78, 5) is 30.5. The van der Waals surface area contributed by atoms with Crippen LogP contribution in [0.25, 0.3) is 4.85 Å². The maximum Gasteiger partial charge on any atom is 0.441 e. The summed E-state index contributed by atoms with van der Waals surface area (Å²) in [5.41, 5.74) is -2.12. The predicted molar refractivity (Wildman–Crippen MR) is 129 cm³/mol. The Morgan fingerprint density at radius 3 is 2.31 bits per heavy atom. The van der Waals surface area contributed by atoms with E-state index < -0.39 is 29.2 Å². The fourth-order valence-electron chi connectivity index (χ4n) is 3.74. The minimum absolute atomic E-state index is 0.134. The summed E-state index contributed by atoms with van der Waals surface area (Å²) < 4.78 is 16.2. The number of amides is 1. The average molecular weight is 479 g/mol. The number of methoxy groups -OCH3 is 1. The molecule has 1 saturated heterocycles. The van der Waals surface area contributed by atoms with Crippen molar-refractivity contribution in [2.24, 2.45) is 16.1 Å². The number of piperidine rings is 1. The number of benzene rings is 2. The molecule has 1 fully saturated rings. The highest BCUT2D eigenvalue weighted by atomic mass is 16.6. The lowest BCUT2D eigenvalue weighted by atomic mass is 9.86. The van der Waals surface area contributed by atoms with Crippen LogP contribution in [0.4, 0.5) is 10.5 Å². The quantitative estimate of drug-likeness (QED) is 0.288. The minimum Gasteiger partial charge on any atom is -0.461 e. The predicted octanol–water partition coefficient (Wildman–Crippen LogP) is 6.00. The molecule has 2 unspecified atom stereocenters. The number of para-hydroxylation sites is 1. The normalized spacial score (nSPS) is 17.8. The van der Waals surface area contributed by atoms with Crippen LogP contribution < -0.4 is 4.74 Å². The molecular weight excluding hydrogens is 448 g/mol. The molecule has 1 amide bonds. The van der Waals surface area contributed by atoms with Crippen LogP contribution >= 0.6 is 0 Å². The summed E-state index contributed by atoms with van der Waals surface area (Å²) in [7, 11) is 1.21. The highest BCUT2D eigenvalue weighted by Gasteiger charge is 2.57. The van der Waals surface area contributed by atoms with E-state index in [9.17, 15) is 9.59 Å². The molecule has 0 radical (unpaired) electrons. The van der Waals surface area contributed by atoms with E-state index >= 15 is 0 Å². The molecule has 0 aromatic heterocycles. The topological polar surface area (TPSA) is 94.1 Å². The van der Waals surface area contributed by atoms with Gasteiger partial charge in [0.2, 0.25) is 0 Å². The smallest absolute Gasteiger partial charge is 0.441 e. The van der Waals surface area contributed by atoms with Crippen molar-refractivity contribution in [2.75, 3.05) is 20.2 Å². The van der Waals surface area contributed by atoms with Gasteiger partial charge < -0.3 is 19.1 Å². The number of carbonyl (C=O) groups excluding carboxylic acids is 2. The van der Waals surface area contributed by atoms with Crippen LogP contribution in [0.2, 0.25) is 0 Å². The van der Waals surface area contributed by atoms with E-state index in [1.165, 1.54) is 12.0 Å². The first-order valence-corrected chi connectivity index (χ1v) is 11.4. The first kappa shape index (κ1) is 25.7. The first-order chi connectivity index (χ1) is 16.7. The van der Waals surface area contributed by atoms with Crippen molar-refractivity contribution >= 4 is 17.7 Å². The lowest BCUT2D eigenvalue weighted by Crippen LogP contribution is -2.52. The maximum absolute atomic E-state index is 12.8. The van der Waals surface area contributed by atoms with E-state index in [1.807, 2.05) is 30.3 Å². The van der Waals surface area contributed by atoms with Gasteiger partial charge in [0.25, 0.3) is 0 Å². The van der Waals surface area contributed by atoms with Gasteiger partial charge in [-0.2, -0.15) is 0 Å². The third-order valence-electron chi connectivity index (χ3n) is 5.43. The second-order valence-corrected chi connectivity index (χ2v) is 9.20. The molecule has 3 rings (SSSR count). The molecule has 1 aliphatic heterocycles. The molecule has 2 aromatic carbocycles. The Bertz CT molecular complexity index is 1090. The van der Waals surface area contributed by atoms with E-state index in [0.717, 1.165) is 0 Å². The lowest BCUT2D eigenvalue weighted by Gasteiger charge is -2.35. The second kappa shape index (κ2) is 11.0. The monoisotopic (exact) mass is 478 g/mol. The summed E-state index contributed by atoms with van der Waals surface area (Å²) >= 11 is 0. The van der Waals surface area contributed by atoms with Gasteiger partial charge in [-0.1, -0.05) is 23.3 Å². The van der Waals surface area contributed by atoms with Crippen LogP contribution in [-0.2, 0) is 14.3 Å². The summed E-state index contributed by atoms with van der Waals surface area (Å²) in [6.07, 6.45) is 0.621. The maximum atomic E-state index is 12.8. The zero-order valence-electron chi connectivity index (χ0n) is 20.4. The highest BCUT2D eigenvalue weighted by molar-refractivity contribution is 5.83. The van der Waals surface area contributed by atoms with Crippen molar-refractivity contribution in [2.45, 2.75) is 44.9 Å². The third-order valence-corrected chi connectivity index (χ3v) is 5.43. The number of nitrogens with zero attached hydrogens (tertiary/aromatic N) is 4. The fraction of sp³-hybridized carbons (Fsp3) is 0.423. The van der Waals surface area contributed by atoms with Crippen molar-refractivity contribution in [3.05, 3.63) is 66.0 Å². The van der Waals surface area contributed by atoms with Crippen LogP contribution in [0.1, 0.15) is 33.6 Å². The Kier molecular flexibility index (Phi) is 8.07. The summed E-state index contributed by atoms with van der Waals surface area (Å²) in [5.74, 6) is -0.0965. The van der Waals surface area contributed by atoms with Crippen LogP contribution in [0.15, 0.2) is 64.8 Å². The fourth-order valence-corrected chi connectivity index (χ4v) is 3.74. The Morgan fingerprint density at radius 2 is 1.71 bits per heavy atom. The van der Waals surface area contributed by atoms with E-state index in [0.29, 0.717) is 36.6 Å². The van der Waals surface area contributed by atoms with Gasteiger partial charge in [0.15, 0.2) is 0 Å². The second-order valence-electron chi connectivity index (χ2n) is 9.20. The molecule has 0 N–H and O–H groups in total. The van der Waals surface area contributed by atoms with Crippen molar-refractivity contribution in [3.63, 3.8) is 0 Å². The number of carbonyl (C=O) groups is 2. The molecule has 35 heavy (non-hydrogen) atoms. The van der Waals surface area contributed by atoms with Gasteiger partial charge in [0, 0.05) is 13.1 Å². The molecule has 0 saturated carbocycles. The van der Waals surface area contributed by atoms with Crippen molar-refractivity contribution in [3.8, 4) is 11.5 Å². The highest BCUT2D eigenvalue weighted by Crippen LogP contribution is 2.35. The Morgan fingerprint density at radius 1 is 1.06 bits per heavy atom. The van der Waals surface area contributed by atoms with Gasteiger partial charge in [-0.15, -0.1) is 5.11 Å². The lowest BCUT2D eigenvalue weighted by molar-refractivity contribution is -0.148. The van der Waals surface area contributed by atoms with E-state index in [2.05, 4.69) is 15.1 Å². The van der Waals surface area contributed by atoms with Gasteiger partial charge in [0.05, 0.1) is 18.7 Å². The molecule has 1 heterocycles. The standard InChI is InChI=1S/C26H30N4O5/c1-25(2,3)35-24(32)30-17-9-10-19(18-30)26(27-4,23(31)33-5)29-28-20-13-15-22(16-14-20)34-21-11-7-6-8-12-21/h6-8,11-16,19H,9-10,17-18H2,1-3,5H3. The summed E-state index contributed by atoms with van der Waals surface area (Å²) in [6, 6.07) is 16.2. The molecule has 1 aliphatic rings. The van der Waals surface area contributed by atoms with Crippen molar-refractivity contribution in [1.29, 1.82) is 0 Å². The number of hydrogen-bond acceptors (Lipinski definition) is 7. The van der Waals surface area contributed by atoms with Gasteiger partial charge >= 0.3 is 17.7 Å². The first-order valence-electron chi connectivity index (χ1n) is 11.4. The van der Waals surface area contributed by atoms with E-state index in [1.54, 1.807) is 45.0 Å². The number of ether oxygens (including phenoxy) is 3. The molecule has 9 nitrogen and oxygen atoms in total. The van der Waals surface area contributed by atoms with Crippen molar-refractivity contribution < 1.29 is 23.8 Å². The van der Waals surface area contributed by atoms with Crippen LogP contribution in [0.3, 0.4) is 0 Å². The molecule has 184 valence electrons. The zero-order chi connectivity index (χ0) is 25.5. The molecule has 0 spiro atoms. The zero-order valence-corrected chi connectivity index (χ0v) is 20.4.